The van der Waals surface area contributed by atoms with Crippen molar-refractivity contribution in [1.29, 1.82) is 0 Å². The van der Waals surface area contributed by atoms with Crippen LogP contribution in [0.2, 0.25) is 0 Å². The van der Waals surface area contributed by atoms with Gasteiger partial charge in [0.15, 0.2) is 0 Å². The van der Waals surface area contributed by atoms with Gasteiger partial charge in [-0.3, -0.25) is 14.5 Å². The van der Waals surface area contributed by atoms with Gasteiger partial charge in [0.05, 0.1) is 0 Å². The third-order valence-electron chi connectivity index (χ3n) is 4.18. The molecule has 2 N–H and O–H groups in total. The third-order valence-corrected chi connectivity index (χ3v) is 4.18. The van der Waals surface area contributed by atoms with Gasteiger partial charge in [0, 0.05) is 26.6 Å². The lowest BCUT2D eigenvalue weighted by atomic mass is 10.0. The zero-order chi connectivity index (χ0) is 15.8. The molecule has 21 heavy (non-hydrogen) atoms. The zero-order valence-corrected chi connectivity index (χ0v) is 13.3. The molecule has 0 aliphatic carbocycles. The molecule has 1 amide bonds. The predicted octanol–water partition coefficient (Wildman–Crippen LogP) is 1.89. The second-order valence-electron chi connectivity index (χ2n) is 5.88. The lowest BCUT2D eigenvalue weighted by molar-refractivity contribution is -0.142. The lowest BCUT2D eigenvalue weighted by Crippen LogP contribution is -2.39. The first-order valence-corrected chi connectivity index (χ1v) is 7.82. The van der Waals surface area contributed by atoms with Gasteiger partial charge in [0.1, 0.15) is 6.04 Å². The molecule has 1 aliphatic heterocycles. The van der Waals surface area contributed by atoms with Crippen LogP contribution < -0.4 is 5.32 Å². The molecule has 0 bridgehead atoms. The monoisotopic (exact) mass is 296 g/mol. The minimum atomic E-state index is -0.723. The Bertz CT molecular complexity index is 382. The van der Waals surface area contributed by atoms with Crippen LogP contribution in [0.4, 0.5) is 0 Å². The Kier molecular flexibility index (Phi) is 7.43. The minimum absolute atomic E-state index is 0.0115. The van der Waals surface area contributed by atoms with Gasteiger partial charge in [-0.2, -0.15) is 0 Å². The van der Waals surface area contributed by atoms with Gasteiger partial charge in [-0.05, 0) is 31.6 Å². The largest absolute Gasteiger partial charge is 0.480 e. The van der Waals surface area contributed by atoms with Crippen LogP contribution in [0, 0.1) is 11.8 Å². The standard InChI is InChI=1S/C16H28N2O3/c1-4-6-14-9-15(16(20)21)18(11-14)10-13(5-2)7-8-17-12(3)19/h4,6,13-15H,5,7-11H2,1-3H3,(H,17,19)(H,20,21)/b6-4-. The van der Waals surface area contributed by atoms with Gasteiger partial charge in [-0.1, -0.05) is 25.5 Å². The topological polar surface area (TPSA) is 69.6 Å². The summed E-state index contributed by atoms with van der Waals surface area (Å²) in [6, 6.07) is -0.374. The Labute approximate surface area is 127 Å². The number of carbonyl (C=O) groups is 2. The van der Waals surface area contributed by atoms with Gasteiger partial charge in [-0.25, -0.2) is 0 Å². The normalized spacial score (nSPS) is 24.3. The first-order chi connectivity index (χ1) is 9.97. The molecular weight excluding hydrogens is 268 g/mol. The average molecular weight is 296 g/mol. The summed E-state index contributed by atoms with van der Waals surface area (Å²) in [5.74, 6) is 0.0216. The third kappa shape index (κ3) is 5.87. The first-order valence-electron chi connectivity index (χ1n) is 7.82. The molecule has 1 saturated heterocycles. The highest BCUT2D eigenvalue weighted by Gasteiger charge is 2.36. The van der Waals surface area contributed by atoms with Crippen molar-refractivity contribution >= 4 is 11.9 Å². The van der Waals surface area contributed by atoms with Crippen LogP contribution in [0.25, 0.3) is 0 Å². The summed E-state index contributed by atoms with van der Waals surface area (Å²) in [6.45, 7) is 7.88. The highest BCUT2D eigenvalue weighted by Crippen LogP contribution is 2.26. The van der Waals surface area contributed by atoms with Crippen LogP contribution >= 0.6 is 0 Å². The molecule has 120 valence electrons. The molecule has 3 atom stereocenters. The molecule has 1 aliphatic rings. The van der Waals surface area contributed by atoms with E-state index >= 15 is 0 Å². The van der Waals surface area contributed by atoms with E-state index in [2.05, 4.69) is 23.2 Å². The van der Waals surface area contributed by atoms with Crippen molar-refractivity contribution in [2.24, 2.45) is 11.8 Å². The van der Waals surface area contributed by atoms with E-state index in [1.807, 2.05) is 13.0 Å². The Morgan fingerprint density at radius 2 is 2.19 bits per heavy atom. The van der Waals surface area contributed by atoms with E-state index in [1.54, 1.807) is 0 Å². The smallest absolute Gasteiger partial charge is 0.320 e. The van der Waals surface area contributed by atoms with E-state index in [-0.39, 0.29) is 11.9 Å². The fraction of sp³-hybridized carbons (Fsp3) is 0.750. The Hall–Kier alpha value is -1.36. The lowest BCUT2D eigenvalue weighted by Gasteiger charge is -2.26. The SMILES string of the molecule is C/C=C\C1CC(C(=O)O)N(CC(CC)CCNC(C)=O)C1. The first kappa shape index (κ1) is 17.7. The highest BCUT2D eigenvalue weighted by atomic mass is 16.4. The number of aliphatic carboxylic acids is 1. The molecule has 1 fully saturated rings. The molecule has 1 heterocycles. The van der Waals surface area contributed by atoms with Crippen molar-refractivity contribution in [2.75, 3.05) is 19.6 Å². The molecule has 5 nitrogen and oxygen atoms in total. The molecule has 0 aromatic rings. The summed E-state index contributed by atoms with van der Waals surface area (Å²) in [4.78, 5) is 24.4. The van der Waals surface area contributed by atoms with Gasteiger partial charge in [-0.15, -0.1) is 0 Å². The van der Waals surface area contributed by atoms with E-state index in [0.29, 0.717) is 24.8 Å². The highest BCUT2D eigenvalue weighted by molar-refractivity contribution is 5.74. The number of nitrogens with one attached hydrogen (secondary N) is 1. The van der Waals surface area contributed by atoms with Crippen LogP contribution in [0.15, 0.2) is 12.2 Å². The number of carbonyl (C=O) groups excluding carboxylic acids is 1. The Morgan fingerprint density at radius 1 is 1.48 bits per heavy atom. The quantitative estimate of drug-likeness (QED) is 0.671. The van der Waals surface area contributed by atoms with Crippen molar-refractivity contribution in [3.05, 3.63) is 12.2 Å². The van der Waals surface area contributed by atoms with Crippen molar-refractivity contribution in [1.82, 2.24) is 10.2 Å². The molecule has 1 rings (SSSR count). The summed E-state index contributed by atoms with van der Waals surface area (Å²) in [7, 11) is 0. The van der Waals surface area contributed by atoms with E-state index < -0.39 is 5.97 Å². The number of hydrogen-bond donors (Lipinski definition) is 2. The van der Waals surface area contributed by atoms with Gasteiger partial charge in [0.25, 0.3) is 0 Å². The van der Waals surface area contributed by atoms with Crippen molar-refractivity contribution in [3.8, 4) is 0 Å². The number of allylic oxidation sites excluding steroid dienone is 1. The predicted molar refractivity (Wildman–Crippen MR) is 83.0 cm³/mol. The fourth-order valence-electron chi connectivity index (χ4n) is 3.02. The van der Waals surface area contributed by atoms with Gasteiger partial charge >= 0.3 is 5.97 Å². The zero-order valence-electron chi connectivity index (χ0n) is 13.3. The number of rotatable bonds is 8. The summed E-state index contributed by atoms with van der Waals surface area (Å²) >= 11 is 0. The molecule has 3 unspecified atom stereocenters. The maximum atomic E-state index is 11.4. The maximum Gasteiger partial charge on any atom is 0.320 e. The molecule has 0 aromatic carbocycles. The summed E-state index contributed by atoms with van der Waals surface area (Å²) in [5.41, 5.74) is 0. The Morgan fingerprint density at radius 3 is 2.71 bits per heavy atom. The molecule has 0 saturated carbocycles. The van der Waals surface area contributed by atoms with Crippen LogP contribution in [-0.2, 0) is 9.59 Å². The van der Waals surface area contributed by atoms with E-state index in [9.17, 15) is 14.7 Å². The summed E-state index contributed by atoms with van der Waals surface area (Å²) in [5, 5.41) is 12.2. The number of amides is 1. The second-order valence-corrected chi connectivity index (χ2v) is 5.88. The van der Waals surface area contributed by atoms with Crippen LogP contribution in [0.3, 0.4) is 0 Å². The molecular formula is C16H28N2O3. The molecule has 0 radical (unpaired) electrons. The van der Waals surface area contributed by atoms with E-state index in [4.69, 9.17) is 0 Å². The number of nitrogens with zero attached hydrogens (tertiary/aromatic N) is 1. The van der Waals surface area contributed by atoms with Crippen LogP contribution in [-0.4, -0.2) is 47.6 Å². The summed E-state index contributed by atoms with van der Waals surface area (Å²) in [6.07, 6.45) is 6.70. The van der Waals surface area contributed by atoms with Gasteiger partial charge in [0.2, 0.25) is 5.91 Å². The Balaban J connectivity index is 2.55. The summed E-state index contributed by atoms with van der Waals surface area (Å²) < 4.78 is 0. The number of carboxylic acid groups (broad SMARTS) is 1. The van der Waals surface area contributed by atoms with Crippen LogP contribution in [0.1, 0.15) is 40.0 Å². The maximum absolute atomic E-state index is 11.4. The molecule has 5 heteroatoms. The van der Waals surface area contributed by atoms with Crippen molar-refractivity contribution in [2.45, 2.75) is 46.1 Å². The van der Waals surface area contributed by atoms with E-state index in [1.165, 1.54) is 6.92 Å². The molecule has 0 aromatic heterocycles. The van der Waals surface area contributed by atoms with Gasteiger partial charge < -0.3 is 10.4 Å². The number of hydrogen-bond acceptors (Lipinski definition) is 3. The van der Waals surface area contributed by atoms with Crippen molar-refractivity contribution in [3.63, 3.8) is 0 Å². The second kappa shape index (κ2) is 8.82. The van der Waals surface area contributed by atoms with Crippen molar-refractivity contribution < 1.29 is 14.7 Å². The average Bonchev–Trinajstić information content (AvgIpc) is 2.80. The van der Waals surface area contributed by atoms with Crippen LogP contribution in [0.5, 0.6) is 0 Å². The number of carboxylic acids is 1. The minimum Gasteiger partial charge on any atom is -0.480 e. The van der Waals surface area contributed by atoms with E-state index in [0.717, 1.165) is 25.9 Å². The molecule has 0 spiro atoms. The fourth-order valence-corrected chi connectivity index (χ4v) is 3.02. The number of likely N-dealkylation sites (tertiary alicyclic amines) is 1.